The second-order valence-electron chi connectivity index (χ2n) is 5.06. The van der Waals surface area contributed by atoms with Crippen molar-refractivity contribution < 1.29 is 4.79 Å². The molecule has 80 valence electrons. The minimum absolute atomic E-state index is 0.0465. The van der Waals surface area contributed by atoms with Crippen molar-refractivity contribution in [1.82, 2.24) is 5.32 Å². The molecule has 0 bridgehead atoms. The molecular weight excluding hydrogens is 174 g/mol. The minimum Gasteiger partial charge on any atom is -0.352 e. The molecule has 0 spiro atoms. The molecule has 0 aromatic rings. The predicted molar refractivity (Wildman–Crippen MR) is 58.9 cm³/mol. The first-order valence-corrected chi connectivity index (χ1v) is 5.44. The number of nitrogens with one attached hydrogen (secondary N) is 1. The molecule has 1 aliphatic rings. The first-order chi connectivity index (χ1) is 6.53. The molecule has 0 saturated heterocycles. The second kappa shape index (κ2) is 4.63. The summed E-state index contributed by atoms with van der Waals surface area (Å²) >= 11 is 0. The van der Waals surface area contributed by atoms with Crippen molar-refractivity contribution in [2.75, 3.05) is 6.54 Å². The zero-order valence-electron chi connectivity index (χ0n) is 9.31. The summed E-state index contributed by atoms with van der Waals surface area (Å²) in [5, 5.41) is 2.87. The van der Waals surface area contributed by atoms with Crippen LogP contribution in [0.4, 0.5) is 0 Å². The van der Waals surface area contributed by atoms with Crippen molar-refractivity contribution in [3.8, 4) is 0 Å². The summed E-state index contributed by atoms with van der Waals surface area (Å²) in [6.07, 6.45) is 6.38. The van der Waals surface area contributed by atoms with E-state index < -0.39 is 0 Å². The van der Waals surface area contributed by atoms with Gasteiger partial charge in [-0.15, -0.1) is 0 Å². The van der Waals surface area contributed by atoms with E-state index in [0.29, 0.717) is 11.3 Å². The molecule has 0 radical (unpaired) electrons. The minimum atomic E-state index is -0.0465. The molecule has 1 aliphatic carbocycles. The second-order valence-corrected chi connectivity index (χ2v) is 5.06. The normalized spacial score (nSPS) is 21.6. The molecule has 1 N–H and O–H groups in total. The maximum Gasteiger partial charge on any atom is 0.243 e. The third kappa shape index (κ3) is 3.52. The van der Waals surface area contributed by atoms with Crippen LogP contribution >= 0.6 is 0 Å². The Morgan fingerprint density at radius 1 is 1.50 bits per heavy atom. The number of rotatable bonds is 3. The molecule has 0 aromatic carbocycles. The van der Waals surface area contributed by atoms with E-state index in [1.165, 1.54) is 31.8 Å². The van der Waals surface area contributed by atoms with Gasteiger partial charge in [0.2, 0.25) is 5.91 Å². The van der Waals surface area contributed by atoms with Gasteiger partial charge in [0, 0.05) is 6.54 Å². The topological polar surface area (TPSA) is 29.1 Å². The van der Waals surface area contributed by atoms with Crippen LogP contribution in [0.1, 0.15) is 39.5 Å². The molecule has 1 saturated carbocycles. The Bertz CT molecular complexity index is 210. The molecule has 1 rings (SSSR count). The molecule has 0 unspecified atom stereocenters. The fraction of sp³-hybridized carbons (Fsp3) is 0.750. The van der Waals surface area contributed by atoms with Gasteiger partial charge in [-0.3, -0.25) is 4.79 Å². The van der Waals surface area contributed by atoms with Crippen LogP contribution < -0.4 is 5.32 Å². The smallest absolute Gasteiger partial charge is 0.243 e. The van der Waals surface area contributed by atoms with Crippen LogP contribution in [0.3, 0.4) is 0 Å². The van der Waals surface area contributed by atoms with E-state index in [0.717, 1.165) is 6.54 Å². The number of hydrogen-bond acceptors (Lipinski definition) is 1. The van der Waals surface area contributed by atoms with E-state index in [1.807, 2.05) is 0 Å². The third-order valence-electron chi connectivity index (χ3n) is 3.21. The Labute approximate surface area is 86.8 Å². The highest BCUT2D eigenvalue weighted by Crippen LogP contribution is 2.37. The molecule has 2 heteroatoms. The quantitative estimate of drug-likeness (QED) is 0.689. The lowest BCUT2D eigenvalue weighted by molar-refractivity contribution is -0.116. The fourth-order valence-corrected chi connectivity index (χ4v) is 1.98. The van der Waals surface area contributed by atoms with Crippen molar-refractivity contribution in [3.05, 3.63) is 12.7 Å². The number of carbonyl (C=O) groups excluding carboxylic acids is 1. The molecule has 1 amide bonds. The molecular formula is C12H21NO. The molecule has 0 atom stereocenters. The van der Waals surface area contributed by atoms with Gasteiger partial charge in [0.15, 0.2) is 0 Å². The SMILES string of the molecule is C=CC(=O)NCC1CCC(C)(C)CC1. The molecule has 0 heterocycles. The van der Waals surface area contributed by atoms with Crippen LogP contribution in [-0.2, 0) is 4.79 Å². The third-order valence-corrected chi connectivity index (χ3v) is 3.21. The van der Waals surface area contributed by atoms with Crippen LogP contribution in [-0.4, -0.2) is 12.5 Å². The summed E-state index contributed by atoms with van der Waals surface area (Å²) in [5.74, 6) is 0.627. The van der Waals surface area contributed by atoms with Crippen LogP contribution in [0.2, 0.25) is 0 Å². The van der Waals surface area contributed by atoms with Gasteiger partial charge in [0.1, 0.15) is 0 Å². The van der Waals surface area contributed by atoms with Gasteiger partial charge in [-0.1, -0.05) is 20.4 Å². The summed E-state index contributed by atoms with van der Waals surface area (Å²) in [7, 11) is 0. The van der Waals surface area contributed by atoms with Crippen LogP contribution in [0.15, 0.2) is 12.7 Å². The Hall–Kier alpha value is -0.790. The monoisotopic (exact) mass is 195 g/mol. The van der Waals surface area contributed by atoms with Crippen molar-refractivity contribution in [2.45, 2.75) is 39.5 Å². The van der Waals surface area contributed by atoms with Crippen LogP contribution in [0.5, 0.6) is 0 Å². The van der Waals surface area contributed by atoms with Crippen molar-refractivity contribution in [3.63, 3.8) is 0 Å². The van der Waals surface area contributed by atoms with E-state index >= 15 is 0 Å². The fourth-order valence-electron chi connectivity index (χ4n) is 1.98. The summed E-state index contributed by atoms with van der Waals surface area (Å²) in [4.78, 5) is 11.0. The van der Waals surface area contributed by atoms with Gasteiger partial charge in [-0.2, -0.15) is 0 Å². The van der Waals surface area contributed by atoms with Gasteiger partial charge in [-0.25, -0.2) is 0 Å². The highest BCUT2D eigenvalue weighted by molar-refractivity contribution is 5.86. The molecule has 0 aromatic heterocycles. The maximum atomic E-state index is 11.0. The van der Waals surface area contributed by atoms with Gasteiger partial charge < -0.3 is 5.32 Å². The summed E-state index contributed by atoms with van der Waals surface area (Å²) in [6.45, 7) is 8.91. The van der Waals surface area contributed by atoms with E-state index in [1.54, 1.807) is 0 Å². The van der Waals surface area contributed by atoms with Crippen molar-refractivity contribution >= 4 is 5.91 Å². The number of hydrogen-bond donors (Lipinski definition) is 1. The first kappa shape index (κ1) is 11.3. The van der Waals surface area contributed by atoms with E-state index in [2.05, 4.69) is 25.7 Å². The van der Waals surface area contributed by atoms with E-state index in [4.69, 9.17) is 0 Å². The number of carbonyl (C=O) groups is 1. The van der Waals surface area contributed by atoms with Crippen molar-refractivity contribution in [1.29, 1.82) is 0 Å². The standard InChI is InChI=1S/C12H21NO/c1-4-11(14)13-9-10-5-7-12(2,3)8-6-10/h4,10H,1,5-9H2,2-3H3,(H,13,14). The average Bonchev–Trinajstić information content (AvgIpc) is 2.16. The molecule has 2 nitrogen and oxygen atoms in total. The van der Waals surface area contributed by atoms with Gasteiger partial charge in [-0.05, 0) is 43.1 Å². The summed E-state index contributed by atoms with van der Waals surface area (Å²) in [5.41, 5.74) is 0.513. The highest BCUT2D eigenvalue weighted by atomic mass is 16.1. The van der Waals surface area contributed by atoms with Gasteiger partial charge in [0.25, 0.3) is 0 Å². The summed E-state index contributed by atoms with van der Waals surface area (Å²) in [6, 6.07) is 0. The molecule has 1 fully saturated rings. The van der Waals surface area contributed by atoms with Crippen LogP contribution in [0.25, 0.3) is 0 Å². The van der Waals surface area contributed by atoms with E-state index in [-0.39, 0.29) is 5.91 Å². The zero-order chi connectivity index (χ0) is 10.6. The van der Waals surface area contributed by atoms with Gasteiger partial charge in [0.05, 0.1) is 0 Å². The largest absolute Gasteiger partial charge is 0.352 e. The lowest BCUT2D eigenvalue weighted by atomic mass is 9.73. The highest BCUT2D eigenvalue weighted by Gasteiger charge is 2.26. The lowest BCUT2D eigenvalue weighted by Crippen LogP contribution is -2.31. The summed E-state index contributed by atoms with van der Waals surface area (Å²) < 4.78 is 0. The van der Waals surface area contributed by atoms with E-state index in [9.17, 15) is 4.79 Å². The van der Waals surface area contributed by atoms with Crippen molar-refractivity contribution in [2.24, 2.45) is 11.3 Å². The van der Waals surface area contributed by atoms with Gasteiger partial charge >= 0.3 is 0 Å². The Balaban J connectivity index is 2.22. The zero-order valence-corrected chi connectivity index (χ0v) is 9.31. The Kier molecular flexibility index (Phi) is 3.73. The Morgan fingerprint density at radius 2 is 2.07 bits per heavy atom. The Morgan fingerprint density at radius 3 is 2.57 bits per heavy atom. The average molecular weight is 195 g/mol. The predicted octanol–water partition coefficient (Wildman–Crippen LogP) is 2.51. The molecule has 0 aliphatic heterocycles. The lowest BCUT2D eigenvalue weighted by Gasteiger charge is -2.34. The maximum absolute atomic E-state index is 11.0. The number of amides is 1. The first-order valence-electron chi connectivity index (χ1n) is 5.44. The molecule has 14 heavy (non-hydrogen) atoms. The van der Waals surface area contributed by atoms with Crippen LogP contribution in [0, 0.1) is 11.3 Å².